The predicted octanol–water partition coefficient (Wildman–Crippen LogP) is 4.82. The van der Waals surface area contributed by atoms with Gasteiger partial charge in [-0.3, -0.25) is 9.36 Å². The summed E-state index contributed by atoms with van der Waals surface area (Å²) in [7, 11) is 3.65. The predicted molar refractivity (Wildman–Crippen MR) is 138 cm³/mol. The van der Waals surface area contributed by atoms with E-state index in [4.69, 9.17) is 0 Å². The maximum atomic E-state index is 13.7. The van der Waals surface area contributed by atoms with Gasteiger partial charge in [-0.05, 0) is 49.4 Å². The summed E-state index contributed by atoms with van der Waals surface area (Å²) in [6, 6.07) is 8.34. The van der Waals surface area contributed by atoms with E-state index in [9.17, 15) is 22.4 Å². The third kappa shape index (κ3) is 4.39. The molecule has 4 aromatic rings. The van der Waals surface area contributed by atoms with Crippen LogP contribution in [-0.2, 0) is 19.8 Å². The lowest BCUT2D eigenvalue weighted by atomic mass is 10.2. The minimum Gasteiger partial charge on any atom is -0.338 e. The van der Waals surface area contributed by atoms with Gasteiger partial charge in [0.25, 0.3) is 10.6 Å². The molecule has 186 valence electrons. The summed E-state index contributed by atoms with van der Waals surface area (Å²) in [5, 5.41) is 1.61. The van der Waals surface area contributed by atoms with Crippen molar-refractivity contribution in [2.45, 2.75) is 24.5 Å². The fraction of sp³-hybridized carbons (Fsp3) is 0.200. The van der Waals surface area contributed by atoms with Crippen molar-refractivity contribution in [3.05, 3.63) is 83.4 Å². The van der Waals surface area contributed by atoms with Gasteiger partial charge in [-0.1, -0.05) is 23.1 Å². The second-order valence-electron chi connectivity index (χ2n) is 8.12. The SMILES string of the molecule is CCn1c(=O)/c(=C/C=C2\Sc3cc(C(F)(F)F)ccc3N2C)s/c1=C\c1sc2ccc(F)cc2[n+]1C. The van der Waals surface area contributed by atoms with E-state index in [1.165, 1.54) is 52.6 Å². The minimum atomic E-state index is -4.40. The maximum absolute atomic E-state index is 13.7. The quantitative estimate of drug-likeness (QED) is 0.271. The fourth-order valence-electron chi connectivity index (χ4n) is 3.97. The third-order valence-corrected chi connectivity index (χ3v) is 9.31. The molecule has 1 aliphatic heterocycles. The Morgan fingerprint density at radius 2 is 1.86 bits per heavy atom. The highest BCUT2D eigenvalue weighted by Gasteiger charge is 2.33. The lowest BCUT2D eigenvalue weighted by Crippen LogP contribution is -2.32. The summed E-state index contributed by atoms with van der Waals surface area (Å²) in [6.07, 6.45) is 0.998. The lowest BCUT2D eigenvalue weighted by molar-refractivity contribution is -0.642. The summed E-state index contributed by atoms with van der Waals surface area (Å²) in [5.74, 6) is -0.305. The average Bonchev–Trinajstić information content (AvgIpc) is 3.43. The number of aryl methyl sites for hydroxylation is 1. The zero-order valence-electron chi connectivity index (χ0n) is 19.4. The van der Waals surface area contributed by atoms with Gasteiger partial charge in [-0.2, -0.15) is 17.7 Å². The van der Waals surface area contributed by atoms with Crippen molar-refractivity contribution >= 4 is 62.5 Å². The molecule has 4 nitrogen and oxygen atoms in total. The number of anilines is 1. The van der Waals surface area contributed by atoms with Crippen molar-refractivity contribution in [3.63, 3.8) is 0 Å². The van der Waals surface area contributed by atoms with Gasteiger partial charge >= 0.3 is 6.18 Å². The van der Waals surface area contributed by atoms with E-state index in [-0.39, 0.29) is 11.4 Å². The highest BCUT2D eigenvalue weighted by Crippen LogP contribution is 2.47. The van der Waals surface area contributed by atoms with Gasteiger partial charge < -0.3 is 4.90 Å². The molecule has 2 aromatic heterocycles. The van der Waals surface area contributed by atoms with Crippen LogP contribution in [0, 0.1) is 5.82 Å². The first-order valence-electron chi connectivity index (χ1n) is 10.9. The smallest absolute Gasteiger partial charge is 0.338 e. The number of rotatable bonds is 3. The molecule has 0 radical (unpaired) electrons. The molecule has 1 aliphatic rings. The maximum Gasteiger partial charge on any atom is 0.416 e. The molecule has 11 heteroatoms. The zero-order valence-corrected chi connectivity index (χ0v) is 21.8. The number of thioether (sulfide) groups is 1. The molecule has 0 fully saturated rings. The zero-order chi connectivity index (χ0) is 25.8. The molecule has 0 unspecified atom stereocenters. The van der Waals surface area contributed by atoms with E-state index in [0.717, 1.165) is 37.0 Å². The van der Waals surface area contributed by atoms with Gasteiger partial charge in [0.15, 0.2) is 0 Å². The molecular weight excluding hydrogens is 530 g/mol. The van der Waals surface area contributed by atoms with Gasteiger partial charge in [-0.25, -0.2) is 4.39 Å². The Hall–Kier alpha value is -2.89. The molecule has 0 spiro atoms. The number of aromatic nitrogens is 2. The number of nitrogens with zero attached hydrogens (tertiary/aromatic N) is 3. The Kier molecular flexibility index (Phi) is 6.34. The monoisotopic (exact) mass is 550 g/mol. The van der Waals surface area contributed by atoms with Crippen LogP contribution in [0.1, 0.15) is 17.5 Å². The first kappa shape index (κ1) is 24.8. The Morgan fingerprint density at radius 1 is 1.08 bits per heavy atom. The van der Waals surface area contributed by atoms with E-state index in [1.807, 2.05) is 29.5 Å². The van der Waals surface area contributed by atoms with Crippen LogP contribution in [0.15, 0.2) is 57.2 Å². The topological polar surface area (TPSA) is 29.1 Å². The van der Waals surface area contributed by atoms with Crippen LogP contribution < -0.4 is 24.2 Å². The van der Waals surface area contributed by atoms with E-state index in [1.54, 1.807) is 29.8 Å². The number of halogens is 4. The Labute approximate surface area is 215 Å². The second kappa shape index (κ2) is 9.20. The highest BCUT2D eigenvalue weighted by molar-refractivity contribution is 8.03. The van der Waals surface area contributed by atoms with Crippen LogP contribution in [0.2, 0.25) is 0 Å². The van der Waals surface area contributed by atoms with E-state index in [2.05, 4.69) is 0 Å². The van der Waals surface area contributed by atoms with Gasteiger partial charge in [0.2, 0.25) is 5.52 Å². The molecule has 3 heterocycles. The van der Waals surface area contributed by atoms with Crippen molar-refractivity contribution in [1.82, 2.24) is 4.57 Å². The standard InChI is InChI=1S/C25H20F4N3OS3/c1-4-32-23(13-22-31(3)17-12-15(26)6-8-18(17)34-22)35-19(24(32)33)9-10-21-30(2)16-7-5-14(25(27,28)29)11-20(16)36-21/h5-13H,4H2,1-3H3/q+1/b19-9-,21-10-. The summed E-state index contributed by atoms with van der Waals surface area (Å²) >= 11 is 4.09. The van der Waals surface area contributed by atoms with Crippen LogP contribution in [0.25, 0.3) is 22.4 Å². The van der Waals surface area contributed by atoms with Gasteiger partial charge in [0.1, 0.15) is 22.2 Å². The van der Waals surface area contributed by atoms with Crippen molar-refractivity contribution in [2.24, 2.45) is 7.05 Å². The molecule has 0 amide bonds. The third-order valence-electron chi connectivity index (χ3n) is 5.90. The summed E-state index contributed by atoms with van der Waals surface area (Å²) in [4.78, 5) is 15.4. The fourth-order valence-corrected chi connectivity index (χ4v) is 7.26. The molecule has 5 rings (SSSR count). The van der Waals surface area contributed by atoms with Crippen molar-refractivity contribution in [3.8, 4) is 0 Å². The number of fused-ring (bicyclic) bond motifs is 2. The normalized spacial score (nSPS) is 16.1. The van der Waals surface area contributed by atoms with E-state index < -0.39 is 11.7 Å². The van der Waals surface area contributed by atoms with Crippen LogP contribution in [0.4, 0.5) is 23.2 Å². The number of thiazole rings is 2. The van der Waals surface area contributed by atoms with Crippen LogP contribution in [0.5, 0.6) is 0 Å². The number of benzene rings is 2. The average molecular weight is 551 g/mol. The molecule has 36 heavy (non-hydrogen) atoms. The molecule has 0 atom stereocenters. The van der Waals surface area contributed by atoms with Gasteiger partial charge in [0, 0.05) is 24.6 Å². The van der Waals surface area contributed by atoms with Gasteiger partial charge in [-0.15, -0.1) is 11.3 Å². The molecule has 0 bridgehead atoms. The summed E-state index contributed by atoms with van der Waals surface area (Å²) in [6.45, 7) is 2.37. The number of allylic oxidation sites excluding steroid dienone is 1. The molecule has 2 aromatic carbocycles. The summed E-state index contributed by atoms with van der Waals surface area (Å²) in [5.41, 5.74) is 0.642. The second-order valence-corrected chi connectivity index (χ2v) is 11.3. The van der Waals surface area contributed by atoms with Crippen LogP contribution in [-0.4, -0.2) is 11.6 Å². The van der Waals surface area contributed by atoms with Crippen molar-refractivity contribution in [2.75, 3.05) is 11.9 Å². The Balaban J connectivity index is 1.54. The molecule has 0 saturated carbocycles. The number of hydrogen-bond acceptors (Lipinski definition) is 5. The van der Waals surface area contributed by atoms with E-state index >= 15 is 0 Å². The first-order valence-corrected chi connectivity index (χ1v) is 13.4. The van der Waals surface area contributed by atoms with E-state index in [0.29, 0.717) is 21.7 Å². The lowest BCUT2D eigenvalue weighted by Gasteiger charge is -2.13. The van der Waals surface area contributed by atoms with Crippen LogP contribution >= 0.6 is 34.4 Å². The molecular formula is C25H20F4N3OS3+. The molecule has 0 saturated heterocycles. The Bertz CT molecular complexity index is 1710. The summed E-state index contributed by atoms with van der Waals surface area (Å²) < 4.78 is 58.8. The van der Waals surface area contributed by atoms with Crippen molar-refractivity contribution < 1.29 is 22.1 Å². The van der Waals surface area contributed by atoms with Gasteiger partial charge in [0.05, 0.1) is 26.9 Å². The number of alkyl halides is 3. The van der Waals surface area contributed by atoms with Crippen LogP contribution in [0.3, 0.4) is 0 Å². The highest BCUT2D eigenvalue weighted by atomic mass is 32.2. The molecule has 0 N–H and O–H groups in total. The Morgan fingerprint density at radius 3 is 2.58 bits per heavy atom. The number of hydrogen-bond donors (Lipinski definition) is 0. The minimum absolute atomic E-state index is 0.136. The first-order chi connectivity index (χ1) is 17.1. The molecule has 0 aliphatic carbocycles. The largest absolute Gasteiger partial charge is 0.416 e. The van der Waals surface area contributed by atoms with Crippen molar-refractivity contribution in [1.29, 1.82) is 0 Å².